The van der Waals surface area contributed by atoms with Crippen LogP contribution < -0.4 is 15.2 Å². The highest BCUT2D eigenvalue weighted by atomic mass is 16.5. The molecule has 0 saturated heterocycles. The van der Waals surface area contributed by atoms with Gasteiger partial charge in [0.2, 0.25) is 0 Å². The fraction of sp³-hybridized carbons (Fsp3) is 0.400. The smallest absolute Gasteiger partial charge is 0.161 e. The van der Waals surface area contributed by atoms with Gasteiger partial charge in [-0.05, 0) is 31.0 Å². The molecular formula is C15H21N3O2. The van der Waals surface area contributed by atoms with Gasteiger partial charge in [0, 0.05) is 25.0 Å². The number of nitrogens with zero attached hydrogens (tertiary/aromatic N) is 2. The zero-order valence-electron chi connectivity index (χ0n) is 12.0. The Labute approximate surface area is 119 Å². The molecule has 1 heterocycles. The third-order valence-corrected chi connectivity index (χ3v) is 3.09. The van der Waals surface area contributed by atoms with Crippen LogP contribution in [0.5, 0.6) is 11.5 Å². The van der Waals surface area contributed by atoms with E-state index in [4.69, 9.17) is 15.2 Å². The van der Waals surface area contributed by atoms with Crippen LogP contribution in [0.2, 0.25) is 0 Å². The Hall–Kier alpha value is -2.01. The molecule has 20 heavy (non-hydrogen) atoms. The Balaban J connectivity index is 1.88. The summed E-state index contributed by atoms with van der Waals surface area (Å²) in [6.07, 6.45) is 6.43. The van der Waals surface area contributed by atoms with Crippen molar-refractivity contribution in [3.63, 3.8) is 0 Å². The summed E-state index contributed by atoms with van der Waals surface area (Å²) in [4.78, 5) is 4.00. The SMILES string of the molecule is COc1cc([C@@H](C)N)ccc1OCCCn1ccnc1. The van der Waals surface area contributed by atoms with Crippen molar-refractivity contribution in [2.75, 3.05) is 13.7 Å². The number of benzene rings is 1. The van der Waals surface area contributed by atoms with Crippen LogP contribution in [0, 0.1) is 0 Å². The maximum atomic E-state index is 5.86. The van der Waals surface area contributed by atoms with Gasteiger partial charge in [0.05, 0.1) is 20.0 Å². The summed E-state index contributed by atoms with van der Waals surface area (Å²) in [5.74, 6) is 1.48. The predicted octanol–water partition coefficient (Wildman–Crippen LogP) is 2.38. The highest BCUT2D eigenvalue weighted by Gasteiger charge is 2.08. The van der Waals surface area contributed by atoms with Gasteiger partial charge in [-0.25, -0.2) is 4.98 Å². The van der Waals surface area contributed by atoms with Crippen LogP contribution in [0.25, 0.3) is 0 Å². The van der Waals surface area contributed by atoms with E-state index >= 15 is 0 Å². The number of hydrogen-bond acceptors (Lipinski definition) is 4. The third kappa shape index (κ3) is 3.74. The van der Waals surface area contributed by atoms with E-state index in [0.29, 0.717) is 6.61 Å². The van der Waals surface area contributed by atoms with E-state index in [9.17, 15) is 0 Å². The molecular weight excluding hydrogens is 254 g/mol. The first kappa shape index (κ1) is 14.4. The normalized spacial score (nSPS) is 12.2. The largest absolute Gasteiger partial charge is 0.493 e. The van der Waals surface area contributed by atoms with E-state index in [0.717, 1.165) is 30.0 Å². The minimum absolute atomic E-state index is 0.0146. The van der Waals surface area contributed by atoms with E-state index in [1.165, 1.54) is 0 Å². The van der Waals surface area contributed by atoms with Gasteiger partial charge in [0.25, 0.3) is 0 Å². The van der Waals surface area contributed by atoms with Crippen molar-refractivity contribution >= 4 is 0 Å². The number of methoxy groups -OCH3 is 1. The molecule has 0 aliphatic heterocycles. The van der Waals surface area contributed by atoms with E-state index in [1.54, 1.807) is 19.6 Å². The van der Waals surface area contributed by atoms with Crippen LogP contribution >= 0.6 is 0 Å². The van der Waals surface area contributed by atoms with Gasteiger partial charge in [-0.15, -0.1) is 0 Å². The predicted molar refractivity (Wildman–Crippen MR) is 77.9 cm³/mol. The maximum Gasteiger partial charge on any atom is 0.161 e. The number of nitrogens with two attached hydrogens (primary N) is 1. The molecule has 5 heteroatoms. The molecule has 1 aromatic carbocycles. The second-order valence-corrected chi connectivity index (χ2v) is 4.70. The molecule has 0 bridgehead atoms. The molecule has 108 valence electrons. The van der Waals surface area contributed by atoms with Gasteiger partial charge in [0.15, 0.2) is 11.5 Å². The Kier molecular flexibility index (Phi) is 5.01. The fourth-order valence-corrected chi connectivity index (χ4v) is 1.93. The lowest BCUT2D eigenvalue weighted by Crippen LogP contribution is -2.07. The monoisotopic (exact) mass is 275 g/mol. The first-order valence-electron chi connectivity index (χ1n) is 6.72. The van der Waals surface area contributed by atoms with Gasteiger partial charge < -0.3 is 19.8 Å². The second-order valence-electron chi connectivity index (χ2n) is 4.70. The Morgan fingerprint density at radius 2 is 2.20 bits per heavy atom. The van der Waals surface area contributed by atoms with Crippen molar-refractivity contribution in [3.05, 3.63) is 42.5 Å². The van der Waals surface area contributed by atoms with E-state index < -0.39 is 0 Å². The van der Waals surface area contributed by atoms with Gasteiger partial charge in [0.1, 0.15) is 0 Å². The summed E-state index contributed by atoms with van der Waals surface area (Å²) in [6, 6.07) is 5.79. The van der Waals surface area contributed by atoms with Crippen LogP contribution in [0.15, 0.2) is 36.9 Å². The van der Waals surface area contributed by atoms with Crippen molar-refractivity contribution in [2.45, 2.75) is 25.9 Å². The minimum Gasteiger partial charge on any atom is -0.493 e. The van der Waals surface area contributed by atoms with Crippen LogP contribution in [-0.4, -0.2) is 23.3 Å². The van der Waals surface area contributed by atoms with Crippen LogP contribution in [-0.2, 0) is 6.54 Å². The lowest BCUT2D eigenvalue weighted by Gasteiger charge is -2.13. The molecule has 0 aliphatic rings. The number of hydrogen-bond donors (Lipinski definition) is 1. The molecule has 2 N–H and O–H groups in total. The van der Waals surface area contributed by atoms with Gasteiger partial charge in [-0.2, -0.15) is 0 Å². The Morgan fingerprint density at radius 3 is 2.85 bits per heavy atom. The summed E-state index contributed by atoms with van der Waals surface area (Å²) >= 11 is 0. The number of ether oxygens (including phenoxy) is 2. The van der Waals surface area contributed by atoms with Gasteiger partial charge in [-0.1, -0.05) is 6.07 Å². The number of aryl methyl sites for hydroxylation is 1. The molecule has 0 amide bonds. The molecule has 1 atom stereocenters. The summed E-state index contributed by atoms with van der Waals surface area (Å²) < 4.78 is 13.1. The fourth-order valence-electron chi connectivity index (χ4n) is 1.93. The van der Waals surface area contributed by atoms with Gasteiger partial charge >= 0.3 is 0 Å². The summed E-state index contributed by atoms with van der Waals surface area (Å²) in [5, 5.41) is 0. The average Bonchev–Trinajstić information content (AvgIpc) is 2.96. The van der Waals surface area contributed by atoms with Crippen LogP contribution in [0.4, 0.5) is 0 Å². The topological polar surface area (TPSA) is 62.3 Å². The van der Waals surface area contributed by atoms with Crippen molar-refractivity contribution in [3.8, 4) is 11.5 Å². The molecule has 0 radical (unpaired) electrons. The van der Waals surface area contributed by atoms with Crippen molar-refractivity contribution in [1.29, 1.82) is 0 Å². The first-order valence-corrected chi connectivity index (χ1v) is 6.72. The van der Waals surface area contributed by atoms with E-state index in [-0.39, 0.29) is 6.04 Å². The molecule has 0 fully saturated rings. The van der Waals surface area contributed by atoms with Gasteiger partial charge in [-0.3, -0.25) is 0 Å². The quantitative estimate of drug-likeness (QED) is 0.788. The van der Waals surface area contributed by atoms with Crippen molar-refractivity contribution in [2.24, 2.45) is 5.73 Å². The highest BCUT2D eigenvalue weighted by Crippen LogP contribution is 2.29. The van der Waals surface area contributed by atoms with Crippen molar-refractivity contribution in [1.82, 2.24) is 9.55 Å². The van der Waals surface area contributed by atoms with E-state index in [2.05, 4.69) is 4.98 Å². The number of rotatable bonds is 7. The zero-order chi connectivity index (χ0) is 14.4. The minimum atomic E-state index is -0.0146. The number of imidazole rings is 1. The zero-order valence-corrected chi connectivity index (χ0v) is 12.0. The summed E-state index contributed by atoms with van der Waals surface area (Å²) in [5.41, 5.74) is 6.89. The highest BCUT2D eigenvalue weighted by molar-refractivity contribution is 5.43. The molecule has 2 aromatic rings. The second kappa shape index (κ2) is 6.96. The summed E-state index contributed by atoms with van der Waals surface area (Å²) in [6.45, 7) is 3.47. The molecule has 2 rings (SSSR count). The molecule has 0 saturated carbocycles. The molecule has 1 aromatic heterocycles. The Bertz CT molecular complexity index is 524. The van der Waals surface area contributed by atoms with Crippen molar-refractivity contribution < 1.29 is 9.47 Å². The first-order chi connectivity index (χ1) is 9.70. The standard InChI is InChI=1S/C15H21N3O2/c1-12(16)13-4-5-14(15(10-13)19-2)20-9-3-7-18-8-6-17-11-18/h4-6,8,10-12H,3,7,9,16H2,1-2H3/t12-/m1/s1. The molecule has 0 spiro atoms. The lowest BCUT2D eigenvalue weighted by molar-refractivity contribution is 0.282. The van der Waals surface area contributed by atoms with E-state index in [1.807, 2.05) is 35.9 Å². The van der Waals surface area contributed by atoms with Crippen LogP contribution in [0.3, 0.4) is 0 Å². The average molecular weight is 275 g/mol. The Morgan fingerprint density at radius 1 is 1.35 bits per heavy atom. The summed E-state index contributed by atoms with van der Waals surface area (Å²) in [7, 11) is 1.64. The molecule has 5 nitrogen and oxygen atoms in total. The lowest BCUT2D eigenvalue weighted by atomic mass is 10.1. The molecule has 0 unspecified atom stereocenters. The maximum absolute atomic E-state index is 5.86. The third-order valence-electron chi connectivity index (χ3n) is 3.09. The van der Waals surface area contributed by atoms with Crippen LogP contribution in [0.1, 0.15) is 24.9 Å². The molecule has 0 aliphatic carbocycles. The number of aromatic nitrogens is 2.